The lowest BCUT2D eigenvalue weighted by Crippen LogP contribution is -2.49. The van der Waals surface area contributed by atoms with E-state index in [1.54, 1.807) is 6.92 Å². The van der Waals surface area contributed by atoms with Gasteiger partial charge in [-0.2, -0.15) is 0 Å². The van der Waals surface area contributed by atoms with Crippen LogP contribution in [0.2, 0.25) is 0 Å². The van der Waals surface area contributed by atoms with Crippen molar-refractivity contribution in [3.8, 4) is 0 Å². The minimum absolute atomic E-state index is 0.431. The van der Waals surface area contributed by atoms with Crippen LogP contribution in [0.4, 0.5) is 0 Å². The number of carbonyl (C=O) groups is 1. The smallest absolute Gasteiger partial charge is 0.293 e. The number of hydrogen-bond donors (Lipinski definition) is 1. The van der Waals surface area contributed by atoms with E-state index in [1.807, 2.05) is 0 Å². The van der Waals surface area contributed by atoms with Gasteiger partial charge in [0, 0.05) is 32.2 Å². The van der Waals surface area contributed by atoms with Gasteiger partial charge >= 0.3 is 0 Å². The summed E-state index contributed by atoms with van der Waals surface area (Å²) >= 11 is 0. The molecule has 4 heteroatoms. The molecule has 106 valence electrons. The van der Waals surface area contributed by atoms with Crippen LogP contribution >= 0.6 is 0 Å². The zero-order chi connectivity index (χ0) is 13.9. The van der Waals surface area contributed by atoms with Crippen LogP contribution in [0, 0.1) is 0 Å². The van der Waals surface area contributed by atoms with Gasteiger partial charge in [0.15, 0.2) is 0 Å². The molecule has 1 aliphatic rings. The summed E-state index contributed by atoms with van der Waals surface area (Å²) in [5.41, 5.74) is 1.42. The minimum Gasteiger partial charge on any atom is -0.468 e. The van der Waals surface area contributed by atoms with Crippen molar-refractivity contribution in [2.45, 2.75) is 26.4 Å². The van der Waals surface area contributed by atoms with Crippen LogP contribution in [-0.2, 0) is 16.1 Å². The van der Waals surface area contributed by atoms with E-state index in [1.165, 1.54) is 5.56 Å². The Kier molecular flexibility index (Phi) is 7.86. The lowest BCUT2D eigenvalue weighted by molar-refractivity contribution is -0.128. The lowest BCUT2D eigenvalue weighted by atomic mass is 10.1. The van der Waals surface area contributed by atoms with E-state index < -0.39 is 0 Å². The summed E-state index contributed by atoms with van der Waals surface area (Å²) in [4.78, 5) is 11.7. The molecule has 0 aromatic heterocycles. The molecule has 1 heterocycles. The number of nitrogens with one attached hydrogen (secondary N) is 1. The third kappa shape index (κ3) is 6.36. The molecule has 0 radical (unpaired) electrons. The lowest BCUT2D eigenvalue weighted by Gasteiger charge is -2.33. The second-order valence-corrected chi connectivity index (χ2v) is 4.56. The average molecular weight is 264 g/mol. The highest BCUT2D eigenvalue weighted by molar-refractivity contribution is 5.36. The largest absolute Gasteiger partial charge is 0.468 e. The van der Waals surface area contributed by atoms with Gasteiger partial charge in [0.1, 0.15) is 0 Å². The molecule has 19 heavy (non-hydrogen) atoms. The van der Waals surface area contributed by atoms with Crippen molar-refractivity contribution in [3.63, 3.8) is 0 Å². The van der Waals surface area contributed by atoms with Crippen molar-refractivity contribution in [2.24, 2.45) is 0 Å². The first-order chi connectivity index (χ1) is 9.27. The Labute approximate surface area is 115 Å². The Balaban J connectivity index is 0.000000312. The summed E-state index contributed by atoms with van der Waals surface area (Å²) in [5, 5.41) is 3.41. The molecule has 1 aromatic rings. The molecule has 1 fully saturated rings. The molecule has 4 nitrogen and oxygen atoms in total. The standard InChI is InChI=1S/C12H18N2.C3H6O2/c1-11-9-13-7-8-14(11)10-12-5-3-2-4-6-12;1-2-5-3-4/h2-6,11,13H,7-10H2,1H3;3H,2H2,1H3. The molecule has 1 atom stereocenters. The number of ether oxygens (including phenoxy) is 1. The van der Waals surface area contributed by atoms with Crippen molar-refractivity contribution in [2.75, 3.05) is 26.2 Å². The molecule has 1 unspecified atom stereocenters. The highest BCUT2D eigenvalue weighted by Gasteiger charge is 2.17. The molecular formula is C15H24N2O2. The predicted molar refractivity (Wildman–Crippen MR) is 76.9 cm³/mol. The molecule has 1 aromatic carbocycles. The first-order valence-corrected chi connectivity index (χ1v) is 6.81. The van der Waals surface area contributed by atoms with Gasteiger partial charge in [0.25, 0.3) is 6.47 Å². The van der Waals surface area contributed by atoms with Crippen LogP contribution < -0.4 is 5.32 Å². The normalized spacial score (nSPS) is 19.2. The van der Waals surface area contributed by atoms with E-state index in [2.05, 4.69) is 52.2 Å². The van der Waals surface area contributed by atoms with Crippen LogP contribution in [0.3, 0.4) is 0 Å². The SMILES string of the molecule is CC1CNCCN1Cc1ccccc1.CCOC=O. The first-order valence-electron chi connectivity index (χ1n) is 6.81. The van der Waals surface area contributed by atoms with Crippen molar-refractivity contribution in [1.82, 2.24) is 10.2 Å². The summed E-state index contributed by atoms with van der Waals surface area (Å²) in [7, 11) is 0. The van der Waals surface area contributed by atoms with Gasteiger partial charge in [0.05, 0.1) is 6.61 Å². The zero-order valence-electron chi connectivity index (χ0n) is 11.8. The van der Waals surface area contributed by atoms with E-state index in [9.17, 15) is 4.79 Å². The monoisotopic (exact) mass is 264 g/mol. The van der Waals surface area contributed by atoms with Crippen molar-refractivity contribution < 1.29 is 9.53 Å². The third-order valence-electron chi connectivity index (χ3n) is 3.10. The van der Waals surface area contributed by atoms with Gasteiger partial charge in [-0.1, -0.05) is 30.3 Å². The number of rotatable bonds is 4. The van der Waals surface area contributed by atoms with E-state index in [0.29, 0.717) is 19.1 Å². The Morgan fingerprint density at radius 3 is 2.68 bits per heavy atom. The summed E-state index contributed by atoms with van der Waals surface area (Å²) in [6.07, 6.45) is 0. The Morgan fingerprint density at radius 2 is 2.16 bits per heavy atom. The number of piperazine rings is 1. The van der Waals surface area contributed by atoms with Crippen LogP contribution in [0.5, 0.6) is 0 Å². The Hall–Kier alpha value is -1.39. The summed E-state index contributed by atoms with van der Waals surface area (Å²) in [6.45, 7) is 9.44. The number of nitrogens with zero attached hydrogens (tertiary/aromatic N) is 1. The predicted octanol–water partition coefficient (Wildman–Crippen LogP) is 1.66. The quantitative estimate of drug-likeness (QED) is 0.840. The summed E-state index contributed by atoms with van der Waals surface area (Å²) in [5.74, 6) is 0. The third-order valence-corrected chi connectivity index (χ3v) is 3.10. The Bertz CT molecular complexity index is 343. The van der Waals surface area contributed by atoms with Crippen LogP contribution in [0.15, 0.2) is 30.3 Å². The number of hydrogen-bond acceptors (Lipinski definition) is 4. The van der Waals surface area contributed by atoms with Crippen molar-refractivity contribution in [3.05, 3.63) is 35.9 Å². The molecule has 1 saturated heterocycles. The van der Waals surface area contributed by atoms with Gasteiger partial charge in [0.2, 0.25) is 0 Å². The van der Waals surface area contributed by atoms with E-state index in [4.69, 9.17) is 0 Å². The van der Waals surface area contributed by atoms with Crippen LogP contribution in [0.25, 0.3) is 0 Å². The fourth-order valence-corrected chi connectivity index (χ4v) is 2.00. The summed E-state index contributed by atoms with van der Waals surface area (Å²) < 4.78 is 4.15. The second kappa shape index (κ2) is 9.53. The molecule has 1 N–H and O–H groups in total. The van der Waals surface area contributed by atoms with Gasteiger partial charge < -0.3 is 10.1 Å². The van der Waals surface area contributed by atoms with Crippen molar-refractivity contribution in [1.29, 1.82) is 0 Å². The molecule has 2 rings (SSSR count). The molecule has 0 bridgehead atoms. The number of benzene rings is 1. The molecule has 1 aliphatic heterocycles. The molecule has 0 saturated carbocycles. The summed E-state index contributed by atoms with van der Waals surface area (Å²) in [6, 6.07) is 11.4. The van der Waals surface area contributed by atoms with Crippen LogP contribution in [-0.4, -0.2) is 43.7 Å². The molecule has 0 spiro atoms. The van der Waals surface area contributed by atoms with E-state index in [0.717, 1.165) is 26.2 Å². The van der Waals surface area contributed by atoms with Gasteiger partial charge in [-0.05, 0) is 19.4 Å². The zero-order valence-corrected chi connectivity index (χ0v) is 11.8. The molecule has 0 amide bonds. The fraction of sp³-hybridized carbons (Fsp3) is 0.533. The second-order valence-electron chi connectivity index (χ2n) is 4.56. The van der Waals surface area contributed by atoms with E-state index in [-0.39, 0.29) is 0 Å². The molecule has 0 aliphatic carbocycles. The fourth-order valence-electron chi connectivity index (χ4n) is 2.00. The van der Waals surface area contributed by atoms with Crippen LogP contribution in [0.1, 0.15) is 19.4 Å². The van der Waals surface area contributed by atoms with Gasteiger partial charge in [-0.15, -0.1) is 0 Å². The Morgan fingerprint density at radius 1 is 1.42 bits per heavy atom. The van der Waals surface area contributed by atoms with Gasteiger partial charge in [-0.3, -0.25) is 9.69 Å². The maximum Gasteiger partial charge on any atom is 0.293 e. The average Bonchev–Trinajstić information content (AvgIpc) is 2.44. The maximum absolute atomic E-state index is 9.18. The number of carbonyl (C=O) groups excluding carboxylic acids is 1. The first kappa shape index (κ1) is 15.7. The van der Waals surface area contributed by atoms with Gasteiger partial charge in [-0.25, -0.2) is 0 Å². The molecular weight excluding hydrogens is 240 g/mol. The van der Waals surface area contributed by atoms with Crippen molar-refractivity contribution >= 4 is 6.47 Å². The topological polar surface area (TPSA) is 41.6 Å². The van der Waals surface area contributed by atoms with E-state index >= 15 is 0 Å². The highest BCUT2D eigenvalue weighted by atomic mass is 16.5. The highest BCUT2D eigenvalue weighted by Crippen LogP contribution is 2.09. The minimum atomic E-state index is 0.431. The maximum atomic E-state index is 9.18.